The van der Waals surface area contributed by atoms with Crippen molar-refractivity contribution in [1.82, 2.24) is 5.32 Å². The predicted octanol–water partition coefficient (Wildman–Crippen LogP) is 4.93. The van der Waals surface area contributed by atoms with Crippen LogP contribution in [0.2, 0.25) is 10.0 Å². The van der Waals surface area contributed by atoms with Gasteiger partial charge < -0.3 is 15.2 Å². The molecule has 1 amide bonds. The molecule has 126 valence electrons. The SMILES string of the molecule is Cc1cc2c(c(-c3cc(Cl)ccc3Cl)c1)OC(CCNC(=O)O)C2. The van der Waals surface area contributed by atoms with Crippen LogP contribution in [0.1, 0.15) is 17.5 Å². The van der Waals surface area contributed by atoms with Crippen LogP contribution >= 0.6 is 23.2 Å². The second-order valence-electron chi connectivity index (χ2n) is 5.89. The van der Waals surface area contributed by atoms with Crippen LogP contribution < -0.4 is 10.1 Å². The Hall–Kier alpha value is -1.91. The van der Waals surface area contributed by atoms with Gasteiger partial charge in [0, 0.05) is 40.6 Å². The second kappa shape index (κ2) is 6.91. The molecule has 24 heavy (non-hydrogen) atoms. The number of aryl methyl sites for hydroxylation is 1. The largest absolute Gasteiger partial charge is 0.489 e. The Morgan fingerprint density at radius 2 is 2.08 bits per heavy atom. The van der Waals surface area contributed by atoms with Crippen LogP contribution in [0.25, 0.3) is 11.1 Å². The predicted molar refractivity (Wildman–Crippen MR) is 95.4 cm³/mol. The quantitative estimate of drug-likeness (QED) is 0.807. The molecule has 0 fully saturated rings. The van der Waals surface area contributed by atoms with E-state index in [1.54, 1.807) is 12.1 Å². The van der Waals surface area contributed by atoms with Gasteiger partial charge in [0.25, 0.3) is 0 Å². The van der Waals surface area contributed by atoms with E-state index in [4.69, 9.17) is 33.0 Å². The van der Waals surface area contributed by atoms with E-state index in [9.17, 15) is 4.79 Å². The van der Waals surface area contributed by atoms with Gasteiger partial charge in [-0.25, -0.2) is 4.79 Å². The lowest BCUT2D eigenvalue weighted by Gasteiger charge is -2.14. The third-order valence-corrected chi connectivity index (χ3v) is 4.57. The molecule has 6 heteroatoms. The molecule has 2 aromatic carbocycles. The zero-order valence-corrected chi connectivity index (χ0v) is 14.6. The van der Waals surface area contributed by atoms with Crippen molar-refractivity contribution in [3.63, 3.8) is 0 Å². The maximum atomic E-state index is 10.6. The molecule has 0 spiro atoms. The molecule has 1 unspecified atom stereocenters. The van der Waals surface area contributed by atoms with E-state index in [2.05, 4.69) is 11.4 Å². The van der Waals surface area contributed by atoms with Crippen molar-refractivity contribution in [3.8, 4) is 16.9 Å². The minimum Gasteiger partial charge on any atom is -0.489 e. The smallest absolute Gasteiger partial charge is 0.404 e. The Bertz CT molecular complexity index is 792. The van der Waals surface area contributed by atoms with Crippen molar-refractivity contribution in [2.75, 3.05) is 6.54 Å². The first-order valence-corrected chi connectivity index (χ1v) is 8.42. The average molecular weight is 366 g/mol. The van der Waals surface area contributed by atoms with Gasteiger partial charge in [0.05, 0.1) is 0 Å². The highest BCUT2D eigenvalue weighted by atomic mass is 35.5. The summed E-state index contributed by atoms with van der Waals surface area (Å²) in [5.74, 6) is 0.810. The summed E-state index contributed by atoms with van der Waals surface area (Å²) in [4.78, 5) is 10.6. The number of rotatable bonds is 4. The van der Waals surface area contributed by atoms with Gasteiger partial charge in [-0.1, -0.05) is 29.3 Å². The van der Waals surface area contributed by atoms with E-state index in [0.717, 1.165) is 34.4 Å². The lowest BCUT2D eigenvalue weighted by Crippen LogP contribution is -2.26. The maximum Gasteiger partial charge on any atom is 0.404 e. The molecule has 1 heterocycles. The standard InChI is InChI=1S/C18H17Cl2NO3/c1-10-6-11-8-13(4-5-21-18(22)23)24-17(11)15(7-10)14-9-12(19)2-3-16(14)20/h2-3,6-7,9,13,21H,4-5,8H2,1H3,(H,22,23). The monoisotopic (exact) mass is 365 g/mol. The first kappa shape index (κ1) is 16.9. The van der Waals surface area contributed by atoms with E-state index >= 15 is 0 Å². The van der Waals surface area contributed by atoms with Crippen LogP contribution in [0.4, 0.5) is 4.79 Å². The van der Waals surface area contributed by atoms with E-state index < -0.39 is 6.09 Å². The molecule has 1 aliphatic rings. The normalized spacial score (nSPS) is 15.7. The summed E-state index contributed by atoms with van der Waals surface area (Å²) in [6.45, 7) is 2.39. The highest BCUT2D eigenvalue weighted by Crippen LogP contribution is 2.43. The molecular formula is C18H17Cl2NO3. The first-order valence-electron chi connectivity index (χ1n) is 7.66. The van der Waals surface area contributed by atoms with Crippen LogP contribution in [0.5, 0.6) is 5.75 Å². The molecule has 1 atom stereocenters. The van der Waals surface area contributed by atoms with Gasteiger partial charge in [-0.05, 0) is 42.3 Å². The van der Waals surface area contributed by atoms with Crippen LogP contribution in [0, 0.1) is 6.92 Å². The number of benzene rings is 2. The molecule has 2 N–H and O–H groups in total. The summed E-state index contributed by atoms with van der Waals surface area (Å²) in [5, 5.41) is 12.3. The number of carboxylic acid groups (broad SMARTS) is 1. The molecular weight excluding hydrogens is 349 g/mol. The third kappa shape index (κ3) is 3.60. The topological polar surface area (TPSA) is 58.6 Å². The van der Waals surface area contributed by atoms with Gasteiger partial charge in [-0.2, -0.15) is 0 Å². The number of amides is 1. The molecule has 0 saturated heterocycles. The van der Waals surface area contributed by atoms with Crippen LogP contribution in [-0.2, 0) is 6.42 Å². The van der Waals surface area contributed by atoms with E-state index in [-0.39, 0.29) is 6.10 Å². The molecule has 1 aliphatic heterocycles. The highest BCUT2D eigenvalue weighted by Gasteiger charge is 2.27. The number of halogens is 2. The molecule has 0 saturated carbocycles. The summed E-state index contributed by atoms with van der Waals surface area (Å²) in [6.07, 6.45) is 0.296. The molecule has 0 radical (unpaired) electrons. The van der Waals surface area contributed by atoms with Crippen molar-refractivity contribution in [2.45, 2.75) is 25.9 Å². The van der Waals surface area contributed by atoms with Crippen LogP contribution in [0.3, 0.4) is 0 Å². The van der Waals surface area contributed by atoms with Gasteiger partial charge in [0.1, 0.15) is 11.9 Å². The van der Waals surface area contributed by atoms with Gasteiger partial charge in [0.15, 0.2) is 0 Å². The van der Waals surface area contributed by atoms with Crippen LogP contribution in [0.15, 0.2) is 30.3 Å². The third-order valence-electron chi connectivity index (χ3n) is 4.00. The molecule has 0 aliphatic carbocycles. The fourth-order valence-electron chi connectivity index (χ4n) is 3.00. The fourth-order valence-corrected chi connectivity index (χ4v) is 3.39. The number of ether oxygens (including phenoxy) is 1. The Kier molecular flexibility index (Phi) is 4.88. The molecule has 0 bridgehead atoms. The van der Waals surface area contributed by atoms with Gasteiger partial charge in [-0.3, -0.25) is 0 Å². The Labute approximate surface area is 150 Å². The molecule has 0 aromatic heterocycles. The van der Waals surface area contributed by atoms with Crippen molar-refractivity contribution in [1.29, 1.82) is 0 Å². The summed E-state index contributed by atoms with van der Waals surface area (Å²) in [6, 6.07) is 9.50. The lowest BCUT2D eigenvalue weighted by atomic mass is 9.97. The molecule has 3 rings (SSSR count). The van der Waals surface area contributed by atoms with E-state index in [1.807, 2.05) is 19.1 Å². The van der Waals surface area contributed by atoms with Gasteiger partial charge >= 0.3 is 6.09 Å². The lowest BCUT2D eigenvalue weighted by molar-refractivity contribution is 0.188. The summed E-state index contributed by atoms with van der Waals surface area (Å²) in [7, 11) is 0. The van der Waals surface area contributed by atoms with Crippen molar-refractivity contribution < 1.29 is 14.6 Å². The van der Waals surface area contributed by atoms with Crippen molar-refractivity contribution >= 4 is 29.3 Å². The highest BCUT2D eigenvalue weighted by molar-refractivity contribution is 6.35. The number of carbonyl (C=O) groups is 1. The fraction of sp³-hybridized carbons (Fsp3) is 0.278. The zero-order valence-electron chi connectivity index (χ0n) is 13.1. The van der Waals surface area contributed by atoms with Gasteiger partial charge in [-0.15, -0.1) is 0 Å². The summed E-state index contributed by atoms with van der Waals surface area (Å²) < 4.78 is 6.09. The molecule has 2 aromatic rings. The van der Waals surface area contributed by atoms with Crippen molar-refractivity contribution in [2.24, 2.45) is 0 Å². The summed E-state index contributed by atoms with van der Waals surface area (Å²) in [5.41, 5.74) is 3.99. The first-order chi connectivity index (χ1) is 11.4. The Morgan fingerprint density at radius 3 is 2.83 bits per heavy atom. The van der Waals surface area contributed by atoms with Crippen molar-refractivity contribution in [3.05, 3.63) is 51.5 Å². The Balaban J connectivity index is 1.90. The van der Waals surface area contributed by atoms with Gasteiger partial charge in [0.2, 0.25) is 0 Å². The molecule has 4 nitrogen and oxygen atoms in total. The number of fused-ring (bicyclic) bond motifs is 1. The number of nitrogens with one attached hydrogen (secondary N) is 1. The Morgan fingerprint density at radius 1 is 1.29 bits per heavy atom. The second-order valence-corrected chi connectivity index (χ2v) is 6.73. The minimum atomic E-state index is -1.02. The number of hydrogen-bond acceptors (Lipinski definition) is 2. The summed E-state index contributed by atoms with van der Waals surface area (Å²) >= 11 is 12.5. The van der Waals surface area contributed by atoms with Crippen LogP contribution in [-0.4, -0.2) is 23.8 Å². The zero-order chi connectivity index (χ0) is 17.3. The van der Waals surface area contributed by atoms with E-state index in [0.29, 0.717) is 23.0 Å². The maximum absolute atomic E-state index is 10.6. The average Bonchev–Trinajstić information content (AvgIpc) is 2.91. The minimum absolute atomic E-state index is 0.0506. The number of hydrogen-bond donors (Lipinski definition) is 2. The van der Waals surface area contributed by atoms with E-state index in [1.165, 1.54) is 0 Å².